The molecule has 4 rings (SSSR count). The second-order valence-electron chi connectivity index (χ2n) is 8.90. The van der Waals surface area contributed by atoms with E-state index < -0.39 is 43.4 Å². The summed E-state index contributed by atoms with van der Waals surface area (Å²) in [4.78, 5) is 0. The van der Waals surface area contributed by atoms with Crippen molar-refractivity contribution < 1.29 is 27.0 Å². The smallest absolute Gasteiger partial charge is 0.163 e. The van der Waals surface area contributed by atoms with E-state index in [1.54, 1.807) is 31.2 Å². The van der Waals surface area contributed by atoms with Crippen molar-refractivity contribution >= 4 is 9.84 Å². The Labute approximate surface area is 187 Å². The molecule has 2 N–H and O–H groups in total. The van der Waals surface area contributed by atoms with E-state index in [-0.39, 0.29) is 30.7 Å². The number of hydrogen-bond donors (Lipinski definition) is 2. The van der Waals surface area contributed by atoms with Gasteiger partial charge in [-0.2, -0.15) is 0 Å². The molecule has 174 valence electrons. The molecule has 3 atom stereocenters. The zero-order valence-electron chi connectivity index (χ0n) is 18.1. The number of benzene rings is 2. The van der Waals surface area contributed by atoms with Gasteiger partial charge in [0.2, 0.25) is 0 Å². The Hall–Kier alpha value is -1.87. The summed E-state index contributed by atoms with van der Waals surface area (Å²) in [5.74, 6) is -1.27. The first kappa shape index (κ1) is 23.3. The Morgan fingerprint density at radius 3 is 2.47 bits per heavy atom. The maximum absolute atomic E-state index is 15.2. The van der Waals surface area contributed by atoms with E-state index in [1.807, 2.05) is 6.07 Å². The topological polar surface area (TPSA) is 75.6 Å². The Bertz CT molecular complexity index is 1060. The lowest BCUT2D eigenvalue weighted by atomic mass is 9.74. The average molecular weight is 466 g/mol. The molecule has 0 amide bonds. The Morgan fingerprint density at radius 2 is 1.81 bits per heavy atom. The van der Waals surface area contributed by atoms with Crippen molar-refractivity contribution in [1.82, 2.24) is 5.32 Å². The number of hydrogen-bond acceptors (Lipinski definition) is 5. The Kier molecular flexibility index (Phi) is 6.68. The van der Waals surface area contributed by atoms with Gasteiger partial charge in [-0.1, -0.05) is 30.3 Å². The SMILES string of the molecule is C[C@@H]1NC[C@@H](c2ccccc2)S(=O)(=O)C1Cc1cc(F)c(C2(CO)CCOCC2)cc1F. The summed E-state index contributed by atoms with van der Waals surface area (Å²) >= 11 is 0. The van der Waals surface area contributed by atoms with E-state index in [4.69, 9.17) is 4.74 Å². The van der Waals surface area contributed by atoms with Crippen LogP contribution in [-0.2, 0) is 26.4 Å². The predicted octanol–water partition coefficient (Wildman–Crippen LogP) is 3.06. The number of rotatable bonds is 5. The van der Waals surface area contributed by atoms with E-state index in [0.29, 0.717) is 31.6 Å². The Balaban J connectivity index is 1.65. The summed E-state index contributed by atoms with van der Waals surface area (Å²) < 4.78 is 62.5. The molecule has 5 nitrogen and oxygen atoms in total. The molecule has 0 bridgehead atoms. The third-order valence-electron chi connectivity index (χ3n) is 7.05. The number of aliphatic hydroxyl groups excluding tert-OH is 1. The highest BCUT2D eigenvalue weighted by atomic mass is 32.2. The second kappa shape index (κ2) is 9.17. The summed E-state index contributed by atoms with van der Waals surface area (Å²) in [6.45, 7) is 2.47. The molecule has 2 saturated heterocycles. The standard InChI is InChI=1S/C24H29F2NO4S/c1-16-22(32(29,30)23(14-27-16)17-5-3-2-4-6-17)12-18-11-21(26)19(13-20(18)25)24(15-28)7-9-31-10-8-24/h2-6,11,13,16,22-23,27-28H,7-10,12,14-15H2,1H3/t16-,22?,23-/m0/s1. The molecule has 0 saturated carbocycles. The van der Waals surface area contributed by atoms with Crippen molar-refractivity contribution in [3.63, 3.8) is 0 Å². The second-order valence-corrected chi connectivity index (χ2v) is 11.3. The molecular weight excluding hydrogens is 436 g/mol. The molecule has 0 spiro atoms. The highest BCUT2D eigenvalue weighted by Crippen LogP contribution is 2.38. The molecule has 0 aliphatic carbocycles. The molecule has 2 fully saturated rings. The van der Waals surface area contributed by atoms with Crippen LogP contribution in [0.3, 0.4) is 0 Å². The van der Waals surface area contributed by atoms with Crippen molar-refractivity contribution in [3.8, 4) is 0 Å². The van der Waals surface area contributed by atoms with Gasteiger partial charge in [-0.15, -0.1) is 0 Å². The van der Waals surface area contributed by atoms with Crippen LogP contribution in [0.15, 0.2) is 42.5 Å². The third-order valence-corrected chi connectivity index (χ3v) is 9.70. The van der Waals surface area contributed by atoms with Crippen molar-refractivity contribution in [1.29, 1.82) is 0 Å². The van der Waals surface area contributed by atoms with Gasteiger partial charge < -0.3 is 15.2 Å². The fourth-order valence-corrected chi connectivity index (χ4v) is 7.31. The van der Waals surface area contributed by atoms with E-state index >= 15 is 8.78 Å². The number of ether oxygens (including phenoxy) is 1. The molecule has 2 aliphatic heterocycles. The summed E-state index contributed by atoms with van der Waals surface area (Å²) in [5.41, 5.74) is -0.0404. The molecule has 2 aromatic rings. The molecule has 1 unspecified atom stereocenters. The van der Waals surface area contributed by atoms with Gasteiger partial charge in [0.05, 0.1) is 17.1 Å². The van der Waals surface area contributed by atoms with Gasteiger partial charge in [-0.05, 0) is 55.0 Å². The third kappa shape index (κ3) is 4.21. The van der Waals surface area contributed by atoms with Crippen LogP contribution >= 0.6 is 0 Å². The van der Waals surface area contributed by atoms with E-state index in [1.165, 1.54) is 0 Å². The molecule has 2 aliphatic rings. The molecule has 0 aromatic heterocycles. The van der Waals surface area contributed by atoms with Gasteiger partial charge in [-0.3, -0.25) is 0 Å². The van der Waals surface area contributed by atoms with Crippen molar-refractivity contribution in [2.24, 2.45) is 0 Å². The van der Waals surface area contributed by atoms with Crippen LogP contribution in [0.2, 0.25) is 0 Å². The van der Waals surface area contributed by atoms with Crippen LogP contribution in [0.4, 0.5) is 8.78 Å². The first-order valence-electron chi connectivity index (χ1n) is 11.0. The summed E-state index contributed by atoms with van der Waals surface area (Å²) in [6, 6.07) is 10.8. The molecule has 2 aromatic carbocycles. The maximum atomic E-state index is 15.2. The lowest BCUT2D eigenvalue weighted by molar-refractivity contribution is 0.0237. The number of aliphatic hydroxyl groups is 1. The fraction of sp³-hybridized carbons (Fsp3) is 0.500. The highest BCUT2D eigenvalue weighted by molar-refractivity contribution is 7.92. The summed E-state index contributed by atoms with van der Waals surface area (Å²) in [6.07, 6.45) is 0.671. The average Bonchev–Trinajstić information content (AvgIpc) is 2.79. The lowest BCUT2D eigenvalue weighted by Crippen LogP contribution is -2.53. The monoisotopic (exact) mass is 465 g/mol. The zero-order valence-corrected chi connectivity index (χ0v) is 18.9. The number of nitrogens with one attached hydrogen (secondary N) is 1. The van der Waals surface area contributed by atoms with Crippen LogP contribution in [0.25, 0.3) is 0 Å². The van der Waals surface area contributed by atoms with Gasteiger partial charge in [0, 0.05) is 31.2 Å². The molecule has 2 heterocycles. The van der Waals surface area contributed by atoms with Crippen LogP contribution in [-0.4, -0.2) is 51.2 Å². The largest absolute Gasteiger partial charge is 0.395 e. The van der Waals surface area contributed by atoms with Gasteiger partial charge in [0.25, 0.3) is 0 Å². The molecular formula is C24H29F2NO4S. The van der Waals surface area contributed by atoms with Gasteiger partial charge >= 0.3 is 0 Å². The van der Waals surface area contributed by atoms with Crippen molar-refractivity contribution in [2.75, 3.05) is 26.4 Å². The van der Waals surface area contributed by atoms with Crippen LogP contribution in [0.5, 0.6) is 0 Å². The maximum Gasteiger partial charge on any atom is 0.163 e. The van der Waals surface area contributed by atoms with E-state index in [0.717, 1.165) is 12.1 Å². The Morgan fingerprint density at radius 1 is 1.12 bits per heavy atom. The number of halogens is 2. The minimum atomic E-state index is -3.65. The van der Waals surface area contributed by atoms with Crippen LogP contribution in [0.1, 0.15) is 41.7 Å². The summed E-state index contributed by atoms with van der Waals surface area (Å²) in [7, 11) is -3.65. The predicted molar refractivity (Wildman–Crippen MR) is 118 cm³/mol. The van der Waals surface area contributed by atoms with E-state index in [9.17, 15) is 13.5 Å². The molecule has 0 radical (unpaired) electrons. The normalized spacial score (nSPS) is 27.2. The van der Waals surface area contributed by atoms with E-state index in [2.05, 4.69) is 5.32 Å². The number of sulfone groups is 1. The van der Waals surface area contributed by atoms with Crippen LogP contribution < -0.4 is 5.32 Å². The summed E-state index contributed by atoms with van der Waals surface area (Å²) in [5, 5.41) is 11.5. The minimum Gasteiger partial charge on any atom is -0.395 e. The zero-order chi connectivity index (χ0) is 22.9. The molecule has 8 heteroatoms. The van der Waals surface area contributed by atoms with Crippen molar-refractivity contribution in [3.05, 3.63) is 70.8 Å². The van der Waals surface area contributed by atoms with Gasteiger partial charge in [0.15, 0.2) is 9.84 Å². The lowest BCUT2D eigenvalue weighted by Gasteiger charge is -2.37. The quantitative estimate of drug-likeness (QED) is 0.710. The van der Waals surface area contributed by atoms with Gasteiger partial charge in [0.1, 0.15) is 11.6 Å². The first-order valence-corrected chi connectivity index (χ1v) is 12.6. The molecule has 32 heavy (non-hydrogen) atoms. The highest BCUT2D eigenvalue weighted by Gasteiger charge is 2.43. The first-order chi connectivity index (χ1) is 15.3. The fourth-order valence-electron chi connectivity index (χ4n) is 4.95. The van der Waals surface area contributed by atoms with Crippen molar-refractivity contribution in [2.45, 2.75) is 48.1 Å². The van der Waals surface area contributed by atoms with Crippen LogP contribution in [0, 0.1) is 11.6 Å². The minimum absolute atomic E-state index is 0.0299. The van der Waals surface area contributed by atoms with Gasteiger partial charge in [-0.25, -0.2) is 17.2 Å².